The molecule has 2 aromatic rings. The van der Waals surface area contributed by atoms with Gasteiger partial charge in [0.15, 0.2) is 14.6 Å². The molecule has 2 heterocycles. The summed E-state index contributed by atoms with van der Waals surface area (Å²) in [4.78, 5) is 65.7. The van der Waals surface area contributed by atoms with Gasteiger partial charge in [0.25, 0.3) is 11.6 Å². The molecule has 1 aliphatic rings. The molecule has 0 bridgehead atoms. The van der Waals surface area contributed by atoms with Crippen LogP contribution in [0.5, 0.6) is 0 Å². The number of amides is 3. The number of nitro groups is 1. The van der Waals surface area contributed by atoms with E-state index in [2.05, 4.69) is 9.73 Å². The van der Waals surface area contributed by atoms with Crippen LogP contribution in [0.1, 0.15) is 6.92 Å². The predicted molar refractivity (Wildman–Crippen MR) is 133 cm³/mol. The molecule has 0 N–H and O–H groups in total. The number of hydrogen-bond donors (Lipinski definition) is 0. The van der Waals surface area contributed by atoms with Crippen LogP contribution in [0.3, 0.4) is 0 Å². The van der Waals surface area contributed by atoms with Gasteiger partial charge in [-0.25, -0.2) is 13.2 Å². The van der Waals surface area contributed by atoms with Crippen molar-refractivity contribution in [3.8, 4) is 0 Å². The summed E-state index contributed by atoms with van der Waals surface area (Å²) in [7, 11) is -3.04. The Balaban J connectivity index is 1.74. The molecule has 1 aliphatic heterocycles. The number of benzene rings is 1. The number of carbonyl (C=O) groups excluding carboxylic acids is 4. The van der Waals surface area contributed by atoms with Crippen molar-refractivity contribution in [1.29, 1.82) is 0 Å². The lowest BCUT2D eigenvalue weighted by atomic mass is 10.3. The molecular weight excluding hydrogens is 546 g/mol. The number of nitro benzene ring substituents is 1. The van der Waals surface area contributed by atoms with Gasteiger partial charge >= 0.3 is 12.1 Å². The lowest BCUT2D eigenvalue weighted by molar-refractivity contribution is -0.384. The van der Waals surface area contributed by atoms with Crippen LogP contribution in [0.4, 0.5) is 10.5 Å². The number of fused-ring (bicyclic) bond motifs is 1. The van der Waals surface area contributed by atoms with Crippen LogP contribution in [-0.4, -0.2) is 103 Å². The number of hydrogen-bond acceptors (Lipinski definition) is 11. The maximum Gasteiger partial charge on any atom is 0.409 e. The number of aromatic nitrogens is 1. The Bertz CT molecular complexity index is 1440. The summed E-state index contributed by atoms with van der Waals surface area (Å²) >= 11 is 0.856. The molecule has 3 amide bonds. The number of thiazole rings is 1. The van der Waals surface area contributed by atoms with Crippen molar-refractivity contribution in [1.82, 2.24) is 14.4 Å². The molecule has 38 heavy (non-hydrogen) atoms. The van der Waals surface area contributed by atoms with Crippen LogP contribution >= 0.6 is 11.3 Å². The summed E-state index contributed by atoms with van der Waals surface area (Å²) in [6.45, 7) is 2.11. The van der Waals surface area contributed by atoms with E-state index in [0.717, 1.165) is 18.4 Å². The number of carbonyl (C=O) groups is 4. The monoisotopic (exact) mass is 571 g/mol. The van der Waals surface area contributed by atoms with Crippen molar-refractivity contribution < 1.29 is 42.0 Å². The van der Waals surface area contributed by atoms with E-state index in [1.54, 1.807) is 6.92 Å². The van der Waals surface area contributed by atoms with Gasteiger partial charge < -0.3 is 23.8 Å². The minimum absolute atomic E-state index is 0.0625. The Morgan fingerprint density at radius 3 is 2.37 bits per heavy atom. The minimum Gasteiger partial charge on any atom is -0.468 e. The molecule has 1 aromatic heterocycles. The molecule has 17 heteroatoms. The third-order valence-corrected chi connectivity index (χ3v) is 7.87. The van der Waals surface area contributed by atoms with Gasteiger partial charge in [-0.3, -0.25) is 24.5 Å². The van der Waals surface area contributed by atoms with Gasteiger partial charge in [0.2, 0.25) is 5.91 Å². The van der Waals surface area contributed by atoms with Crippen molar-refractivity contribution in [2.45, 2.75) is 13.5 Å². The highest BCUT2D eigenvalue weighted by Gasteiger charge is 2.29. The average molecular weight is 572 g/mol. The van der Waals surface area contributed by atoms with E-state index in [1.165, 1.54) is 32.6 Å². The first-order valence-electron chi connectivity index (χ1n) is 11.3. The lowest BCUT2D eigenvalue weighted by Crippen LogP contribution is -2.52. The fourth-order valence-electron chi connectivity index (χ4n) is 3.62. The second-order valence-electron chi connectivity index (χ2n) is 8.06. The highest BCUT2D eigenvalue weighted by atomic mass is 32.2. The van der Waals surface area contributed by atoms with E-state index < -0.39 is 50.1 Å². The van der Waals surface area contributed by atoms with Crippen molar-refractivity contribution in [3.63, 3.8) is 0 Å². The smallest absolute Gasteiger partial charge is 0.409 e. The van der Waals surface area contributed by atoms with Gasteiger partial charge in [-0.05, 0) is 13.0 Å². The van der Waals surface area contributed by atoms with Crippen molar-refractivity contribution in [2.75, 3.05) is 51.4 Å². The van der Waals surface area contributed by atoms with Gasteiger partial charge in [0, 0.05) is 38.3 Å². The SMILES string of the molecule is CCOC(=O)N1CCN(C(=O)CS(=O)(=O)CC(=O)N=c2sc3cc([N+](=O)[O-])ccc3n2CC(=O)OC)CC1. The first-order chi connectivity index (χ1) is 17.9. The molecule has 0 spiro atoms. The van der Waals surface area contributed by atoms with Crippen LogP contribution in [0.25, 0.3) is 10.2 Å². The Morgan fingerprint density at radius 2 is 1.76 bits per heavy atom. The molecule has 0 saturated carbocycles. The number of piperazine rings is 1. The molecule has 1 saturated heterocycles. The molecule has 1 aromatic carbocycles. The highest BCUT2D eigenvalue weighted by Crippen LogP contribution is 2.23. The fourth-order valence-corrected chi connectivity index (χ4v) is 5.80. The van der Waals surface area contributed by atoms with Gasteiger partial charge in [-0.15, -0.1) is 0 Å². The first-order valence-corrected chi connectivity index (χ1v) is 13.9. The maximum absolute atomic E-state index is 12.6. The Morgan fingerprint density at radius 1 is 1.11 bits per heavy atom. The molecule has 1 fully saturated rings. The molecule has 3 rings (SSSR count). The Hall–Kier alpha value is -3.86. The van der Waals surface area contributed by atoms with Gasteiger partial charge in [0.1, 0.15) is 18.1 Å². The number of methoxy groups -OCH3 is 1. The number of sulfone groups is 1. The summed E-state index contributed by atoms with van der Waals surface area (Å²) in [6, 6.07) is 3.85. The van der Waals surface area contributed by atoms with Crippen LogP contribution < -0.4 is 4.80 Å². The number of nitrogens with zero attached hydrogens (tertiary/aromatic N) is 5. The summed E-state index contributed by atoms with van der Waals surface area (Å²) < 4.78 is 36.3. The van der Waals surface area contributed by atoms with Crippen LogP contribution in [0.15, 0.2) is 23.2 Å². The molecule has 206 valence electrons. The van der Waals surface area contributed by atoms with E-state index in [9.17, 15) is 37.7 Å². The molecule has 0 atom stereocenters. The van der Waals surface area contributed by atoms with E-state index in [4.69, 9.17) is 4.74 Å². The quantitative estimate of drug-likeness (QED) is 0.236. The normalized spacial score (nSPS) is 14.4. The standard InChI is InChI=1S/C21H25N5O10S2/c1-3-36-21(30)24-8-6-23(7-9-24)18(28)13-38(33,34)12-17(27)22-20-25(11-19(29)35-2)15-5-4-14(26(31)32)10-16(15)37-20/h4-5,10H,3,6-9,11-13H2,1-2H3. The van der Waals surface area contributed by atoms with Crippen LogP contribution in [-0.2, 0) is 40.2 Å². The maximum atomic E-state index is 12.6. The second kappa shape index (κ2) is 12.1. The zero-order valence-corrected chi connectivity index (χ0v) is 22.2. The van der Waals surface area contributed by atoms with E-state index in [1.807, 2.05) is 0 Å². The summed E-state index contributed by atoms with van der Waals surface area (Å²) in [5, 5.41) is 11.1. The lowest BCUT2D eigenvalue weighted by Gasteiger charge is -2.34. The first kappa shape index (κ1) is 28.7. The Kier molecular flexibility index (Phi) is 9.16. The van der Waals surface area contributed by atoms with Crippen molar-refractivity contribution in [2.24, 2.45) is 4.99 Å². The summed E-state index contributed by atoms with van der Waals surface area (Å²) in [5.74, 6) is -4.46. The van der Waals surface area contributed by atoms with Crippen LogP contribution in [0, 0.1) is 10.1 Å². The second-order valence-corrected chi connectivity index (χ2v) is 11.1. The minimum atomic E-state index is -4.20. The van der Waals surface area contributed by atoms with Crippen molar-refractivity contribution in [3.05, 3.63) is 33.1 Å². The van der Waals surface area contributed by atoms with Gasteiger partial charge in [-0.2, -0.15) is 4.99 Å². The fraction of sp³-hybridized carbons (Fsp3) is 0.476. The summed E-state index contributed by atoms with van der Waals surface area (Å²) in [6.07, 6.45) is -0.514. The zero-order valence-electron chi connectivity index (χ0n) is 20.5. The molecular formula is C21H25N5O10S2. The van der Waals surface area contributed by atoms with E-state index >= 15 is 0 Å². The van der Waals surface area contributed by atoms with Crippen LogP contribution in [0.2, 0.25) is 0 Å². The van der Waals surface area contributed by atoms with Gasteiger partial charge in [0.05, 0.1) is 28.9 Å². The van der Waals surface area contributed by atoms with E-state index in [0.29, 0.717) is 10.2 Å². The number of esters is 1. The Labute approximate surface area is 220 Å². The average Bonchev–Trinajstić information content (AvgIpc) is 3.18. The highest BCUT2D eigenvalue weighted by molar-refractivity contribution is 7.92. The molecule has 0 radical (unpaired) electrons. The number of non-ortho nitro benzene ring substituents is 1. The molecule has 0 aliphatic carbocycles. The molecule has 0 unspecified atom stereocenters. The molecule has 15 nitrogen and oxygen atoms in total. The summed E-state index contributed by atoms with van der Waals surface area (Å²) in [5.41, 5.74) is 0.142. The van der Waals surface area contributed by atoms with Gasteiger partial charge in [-0.1, -0.05) is 11.3 Å². The van der Waals surface area contributed by atoms with Crippen molar-refractivity contribution >= 4 is 61.0 Å². The largest absolute Gasteiger partial charge is 0.468 e. The third-order valence-electron chi connectivity index (χ3n) is 5.46. The zero-order chi connectivity index (χ0) is 28.0. The predicted octanol–water partition coefficient (Wildman–Crippen LogP) is -0.0732. The van der Waals surface area contributed by atoms with E-state index in [-0.39, 0.29) is 49.8 Å². The number of ether oxygens (including phenoxy) is 2. The third kappa shape index (κ3) is 7.12. The topological polar surface area (TPSA) is 188 Å². The number of rotatable bonds is 8.